The second-order valence-electron chi connectivity index (χ2n) is 7.69. The Labute approximate surface area is 271 Å². The van der Waals surface area contributed by atoms with Gasteiger partial charge in [-0.3, -0.25) is 19.7 Å². The summed E-state index contributed by atoms with van der Waals surface area (Å²) < 4.78 is 38.9. The number of benzene rings is 2. The minimum atomic E-state index is -4.60. The van der Waals surface area contributed by atoms with E-state index in [2.05, 4.69) is 19.6 Å². The van der Waals surface area contributed by atoms with Gasteiger partial charge in [-0.15, -0.1) is 0 Å². The number of anilines is 1. The molecular weight excluding hydrogens is 570 g/mol. The number of aromatic nitrogens is 2. The standard InChI is InChI=1S/C23H20N4O8S2.2Na/c1-14-20(22(28)26(24-14)16-6-10-18(11-7-16)36-35-34-30)4-3-5-21-15(2)25-27(23(21)29)17-8-12-19(13-9-17)37(31,32)33;;/h3-13,25,30H,1-2H3,(H,31,32,33);;/q;2*+1/p-2/b5-3+,20-4-;;. The zero-order valence-corrected chi connectivity index (χ0v) is 26.9. The maximum absolute atomic E-state index is 12.9. The number of hydrogen-bond donors (Lipinski definition) is 1. The smallest absolute Gasteiger partial charge is 0.744 e. The Kier molecular flexibility index (Phi) is 12.2. The summed E-state index contributed by atoms with van der Waals surface area (Å²) in [6.07, 6.45) is 4.65. The average molecular weight is 589 g/mol. The monoisotopic (exact) mass is 588 g/mol. The van der Waals surface area contributed by atoms with Gasteiger partial charge in [0.05, 0.1) is 45.2 Å². The molecule has 0 fully saturated rings. The summed E-state index contributed by atoms with van der Waals surface area (Å²) in [7, 11) is -4.60. The SMILES string of the molecule is CC1=NN(c2ccc(SOO[O-])cc2)C(=O)/C1=C\C=C\c1c(C)[nH]n(-c2ccc(S(=O)(=O)[O-])cc2)c1=O.[Na+].[Na+]. The third-order valence-corrected chi connectivity index (χ3v) is 6.77. The van der Waals surface area contributed by atoms with E-state index in [0.29, 0.717) is 38.8 Å². The molecule has 0 saturated carbocycles. The van der Waals surface area contributed by atoms with E-state index in [1.807, 2.05) is 0 Å². The molecule has 1 aliphatic heterocycles. The fourth-order valence-corrected chi connectivity index (χ4v) is 4.34. The second kappa shape index (κ2) is 14.2. The van der Waals surface area contributed by atoms with Crippen molar-refractivity contribution < 1.29 is 91.5 Å². The molecule has 0 aliphatic carbocycles. The minimum absolute atomic E-state index is 0. The van der Waals surface area contributed by atoms with E-state index in [4.69, 9.17) is 0 Å². The Morgan fingerprint density at radius 3 is 2.21 bits per heavy atom. The van der Waals surface area contributed by atoms with Gasteiger partial charge in [-0.1, -0.05) is 6.08 Å². The molecular formula is C23H18N4Na2O8S2. The molecule has 12 nitrogen and oxygen atoms in total. The summed E-state index contributed by atoms with van der Waals surface area (Å²) in [4.78, 5) is 26.0. The average Bonchev–Trinajstić information content (AvgIpc) is 3.32. The molecule has 0 atom stereocenters. The number of aryl methyl sites for hydroxylation is 1. The van der Waals surface area contributed by atoms with Gasteiger partial charge in [0.1, 0.15) is 10.1 Å². The molecule has 3 aromatic rings. The van der Waals surface area contributed by atoms with Crippen LogP contribution in [0.15, 0.2) is 85.9 Å². The molecule has 0 saturated heterocycles. The van der Waals surface area contributed by atoms with Crippen LogP contribution < -0.4 is 74.9 Å². The molecule has 0 radical (unpaired) electrons. The molecule has 2 heterocycles. The van der Waals surface area contributed by atoms with Crippen molar-refractivity contribution in [2.45, 2.75) is 23.6 Å². The van der Waals surface area contributed by atoms with Crippen molar-refractivity contribution in [3.05, 3.63) is 87.9 Å². The second-order valence-corrected chi connectivity index (χ2v) is 9.85. The van der Waals surface area contributed by atoms with Crippen LogP contribution in [0.3, 0.4) is 0 Å². The number of H-pyrrole nitrogens is 1. The summed E-state index contributed by atoms with van der Waals surface area (Å²) in [6.45, 7) is 3.37. The molecule has 4 rings (SSSR count). The number of hydrogen-bond acceptors (Lipinski definition) is 10. The quantitative estimate of drug-likeness (QED) is 0.0688. The van der Waals surface area contributed by atoms with E-state index >= 15 is 0 Å². The number of nitrogens with one attached hydrogen (secondary N) is 1. The summed E-state index contributed by atoms with van der Waals surface area (Å²) in [6, 6.07) is 11.5. The van der Waals surface area contributed by atoms with Crippen molar-refractivity contribution in [1.29, 1.82) is 0 Å². The number of nitrogens with zero attached hydrogens (tertiary/aromatic N) is 3. The Morgan fingerprint density at radius 2 is 1.62 bits per heavy atom. The molecule has 1 aromatic heterocycles. The molecule has 1 amide bonds. The number of carbonyl (C=O) groups is 1. The fraction of sp³-hybridized carbons (Fsp3) is 0.0870. The van der Waals surface area contributed by atoms with Gasteiger partial charge in [0.15, 0.2) is 0 Å². The molecule has 16 heteroatoms. The first kappa shape index (κ1) is 33.4. The van der Waals surface area contributed by atoms with E-state index < -0.39 is 20.6 Å². The Bertz CT molecular complexity index is 1600. The fourth-order valence-electron chi connectivity index (χ4n) is 3.52. The summed E-state index contributed by atoms with van der Waals surface area (Å²) in [5, 5.41) is 21.7. The van der Waals surface area contributed by atoms with Crippen LogP contribution in [-0.2, 0) is 24.3 Å². The van der Waals surface area contributed by atoms with Crippen LogP contribution in [0, 0.1) is 6.92 Å². The first-order chi connectivity index (χ1) is 17.6. The van der Waals surface area contributed by atoms with Crippen LogP contribution in [-0.4, -0.2) is 34.4 Å². The van der Waals surface area contributed by atoms with Gasteiger partial charge in [-0.05, 0) is 74.5 Å². The number of aromatic amines is 1. The van der Waals surface area contributed by atoms with Crippen LogP contribution in [0.1, 0.15) is 18.2 Å². The summed E-state index contributed by atoms with van der Waals surface area (Å²) in [5.74, 6) is -0.363. The predicted molar refractivity (Wildman–Crippen MR) is 131 cm³/mol. The van der Waals surface area contributed by atoms with Crippen LogP contribution >= 0.6 is 12.0 Å². The van der Waals surface area contributed by atoms with Crippen LogP contribution in [0.25, 0.3) is 11.8 Å². The van der Waals surface area contributed by atoms with Gasteiger partial charge in [0, 0.05) is 10.6 Å². The molecule has 1 aliphatic rings. The maximum atomic E-state index is 12.9. The van der Waals surface area contributed by atoms with Gasteiger partial charge in [-0.2, -0.15) is 14.4 Å². The van der Waals surface area contributed by atoms with Crippen molar-refractivity contribution in [2.75, 3.05) is 5.01 Å². The van der Waals surface area contributed by atoms with Crippen molar-refractivity contribution in [3.63, 3.8) is 0 Å². The molecule has 0 unspecified atom stereocenters. The van der Waals surface area contributed by atoms with Gasteiger partial charge in [0.2, 0.25) is 0 Å². The largest absolute Gasteiger partial charge is 1.00 e. The molecule has 1 N–H and O–H groups in total. The number of allylic oxidation sites excluding steroid dienone is 2. The number of hydrazone groups is 1. The molecule has 0 spiro atoms. The third kappa shape index (κ3) is 7.70. The minimum Gasteiger partial charge on any atom is -0.744 e. The maximum Gasteiger partial charge on any atom is 1.00 e. The summed E-state index contributed by atoms with van der Waals surface area (Å²) in [5.41, 5.74) is 2.12. The van der Waals surface area contributed by atoms with E-state index in [1.165, 1.54) is 21.8 Å². The van der Waals surface area contributed by atoms with Gasteiger partial charge >= 0.3 is 59.1 Å². The predicted octanol–water partition coefficient (Wildman–Crippen LogP) is -4.02. The number of amides is 1. The Balaban J connectivity index is 0.00000267. The molecule has 39 heavy (non-hydrogen) atoms. The van der Waals surface area contributed by atoms with E-state index in [9.17, 15) is 27.8 Å². The first-order valence-corrected chi connectivity index (χ1v) is 12.6. The van der Waals surface area contributed by atoms with Crippen LogP contribution in [0.4, 0.5) is 5.69 Å². The molecule has 192 valence electrons. The summed E-state index contributed by atoms with van der Waals surface area (Å²) >= 11 is 0.726. The van der Waals surface area contributed by atoms with E-state index in [0.717, 1.165) is 24.2 Å². The van der Waals surface area contributed by atoms with Gasteiger partial charge in [-0.25, -0.2) is 13.1 Å². The third-order valence-electron chi connectivity index (χ3n) is 5.33. The zero-order valence-electron chi connectivity index (χ0n) is 21.3. The van der Waals surface area contributed by atoms with Crippen molar-refractivity contribution in [2.24, 2.45) is 5.10 Å². The first-order valence-electron chi connectivity index (χ1n) is 10.5. The normalized spacial score (nSPS) is 14.5. The van der Waals surface area contributed by atoms with Crippen LogP contribution in [0.5, 0.6) is 0 Å². The van der Waals surface area contributed by atoms with Gasteiger partial charge in [0.25, 0.3) is 11.5 Å². The van der Waals surface area contributed by atoms with Gasteiger partial charge < -0.3 is 9.81 Å². The van der Waals surface area contributed by atoms with Crippen molar-refractivity contribution >= 4 is 45.5 Å². The molecule has 0 bridgehead atoms. The zero-order chi connectivity index (χ0) is 26.7. The topological polar surface area (TPSA) is 169 Å². The Hall–Kier alpha value is -1.79. The van der Waals surface area contributed by atoms with Crippen LogP contribution in [0.2, 0.25) is 0 Å². The van der Waals surface area contributed by atoms with E-state index in [1.54, 1.807) is 56.3 Å². The van der Waals surface area contributed by atoms with Crippen molar-refractivity contribution in [1.82, 2.24) is 9.78 Å². The van der Waals surface area contributed by atoms with Crippen molar-refractivity contribution in [3.8, 4) is 5.69 Å². The molecule has 2 aromatic carbocycles. The Morgan fingerprint density at radius 1 is 1.00 bits per heavy atom. The number of rotatable bonds is 8. The number of carbonyl (C=O) groups excluding carboxylic acids is 1. The van der Waals surface area contributed by atoms with E-state index in [-0.39, 0.29) is 65.0 Å².